The molecule has 1 aromatic heterocycles. The third-order valence-corrected chi connectivity index (χ3v) is 5.50. The molecule has 0 saturated heterocycles. The Hall–Kier alpha value is -3.23. The molecule has 3 aromatic rings. The number of nitrogens with one attached hydrogen (secondary N) is 3. The summed E-state index contributed by atoms with van der Waals surface area (Å²) in [6.07, 6.45) is 0. The second-order valence-electron chi connectivity index (χ2n) is 6.39. The van der Waals surface area contributed by atoms with Gasteiger partial charge in [-0.25, -0.2) is 4.39 Å². The number of halogens is 2. The maximum atomic E-state index is 14.1. The molecule has 0 atom stereocenters. The molecule has 6 nitrogen and oxygen atoms in total. The Bertz CT molecular complexity index is 1150. The summed E-state index contributed by atoms with van der Waals surface area (Å²) in [5.41, 5.74) is 1.22. The summed E-state index contributed by atoms with van der Waals surface area (Å²) in [7, 11) is 0. The Kier molecular flexibility index (Phi) is 6.49. The molecule has 0 spiro atoms. The maximum Gasteiger partial charge on any atom is 0.266 e. The number of hydrogen-bond acceptors (Lipinski definition) is 4. The van der Waals surface area contributed by atoms with Crippen molar-refractivity contribution in [1.29, 1.82) is 0 Å². The van der Waals surface area contributed by atoms with Crippen LogP contribution in [0.25, 0.3) is 0 Å². The molecule has 3 rings (SSSR count). The van der Waals surface area contributed by atoms with Crippen molar-refractivity contribution in [3.63, 3.8) is 0 Å². The lowest BCUT2D eigenvalue weighted by atomic mass is 10.2. The van der Waals surface area contributed by atoms with E-state index in [0.29, 0.717) is 31.7 Å². The van der Waals surface area contributed by atoms with Crippen molar-refractivity contribution < 1.29 is 18.8 Å². The molecule has 0 bridgehead atoms. The molecular weight excluding hydrogens is 429 g/mol. The summed E-state index contributed by atoms with van der Waals surface area (Å²) >= 11 is 7.10. The third kappa shape index (κ3) is 5.03. The first-order valence-electron chi connectivity index (χ1n) is 8.79. The molecule has 0 fully saturated rings. The molecule has 0 unspecified atom stereocenters. The van der Waals surface area contributed by atoms with Gasteiger partial charge in [0.1, 0.15) is 5.82 Å². The Labute approximate surface area is 181 Å². The van der Waals surface area contributed by atoms with Crippen molar-refractivity contribution >= 4 is 57.0 Å². The molecule has 154 valence electrons. The minimum Gasteiger partial charge on any atom is -0.326 e. The molecule has 0 aliphatic rings. The van der Waals surface area contributed by atoms with E-state index in [1.165, 1.54) is 19.1 Å². The molecule has 2 aromatic carbocycles. The highest BCUT2D eigenvalue weighted by molar-refractivity contribution is 7.18. The fourth-order valence-electron chi connectivity index (χ4n) is 2.67. The summed E-state index contributed by atoms with van der Waals surface area (Å²) < 4.78 is 14.1. The zero-order chi connectivity index (χ0) is 21.8. The molecule has 3 amide bonds. The SMILES string of the molecule is CC(=O)Nc1ccc(F)c(NC(=O)c2sc(NC(=O)c3ccccc3Cl)cc2C)c1. The number of amides is 3. The van der Waals surface area contributed by atoms with Gasteiger partial charge in [-0.1, -0.05) is 23.7 Å². The van der Waals surface area contributed by atoms with E-state index >= 15 is 0 Å². The average Bonchev–Trinajstić information content (AvgIpc) is 3.04. The first kappa shape index (κ1) is 21.5. The van der Waals surface area contributed by atoms with Gasteiger partial charge in [-0.2, -0.15) is 0 Å². The van der Waals surface area contributed by atoms with E-state index in [1.54, 1.807) is 37.3 Å². The molecular formula is C21H17ClFN3O3S. The second-order valence-corrected chi connectivity index (χ2v) is 7.85. The van der Waals surface area contributed by atoms with Crippen molar-refractivity contribution in [3.05, 3.63) is 75.4 Å². The number of aryl methyl sites for hydroxylation is 1. The summed E-state index contributed by atoms with van der Waals surface area (Å²) in [4.78, 5) is 36.6. The van der Waals surface area contributed by atoms with Crippen LogP contribution < -0.4 is 16.0 Å². The van der Waals surface area contributed by atoms with E-state index in [9.17, 15) is 18.8 Å². The number of benzene rings is 2. The number of carbonyl (C=O) groups is 3. The smallest absolute Gasteiger partial charge is 0.266 e. The highest BCUT2D eigenvalue weighted by Crippen LogP contribution is 2.29. The summed E-state index contributed by atoms with van der Waals surface area (Å²) in [5, 5.41) is 8.51. The highest BCUT2D eigenvalue weighted by atomic mass is 35.5. The van der Waals surface area contributed by atoms with E-state index in [0.717, 1.165) is 17.4 Å². The minimum atomic E-state index is -0.640. The molecule has 0 radical (unpaired) electrons. The second kappa shape index (κ2) is 9.06. The lowest BCUT2D eigenvalue weighted by molar-refractivity contribution is -0.114. The van der Waals surface area contributed by atoms with E-state index in [-0.39, 0.29) is 11.6 Å². The van der Waals surface area contributed by atoms with Gasteiger partial charge >= 0.3 is 0 Å². The van der Waals surface area contributed by atoms with Crippen molar-refractivity contribution in [1.82, 2.24) is 0 Å². The molecule has 0 aliphatic carbocycles. The first-order valence-corrected chi connectivity index (χ1v) is 9.99. The van der Waals surface area contributed by atoms with Gasteiger partial charge in [-0.15, -0.1) is 11.3 Å². The lowest BCUT2D eigenvalue weighted by Crippen LogP contribution is -2.13. The summed E-state index contributed by atoms with van der Waals surface area (Å²) in [5.74, 6) is -1.89. The fourth-order valence-corrected chi connectivity index (χ4v) is 3.86. The van der Waals surface area contributed by atoms with E-state index in [2.05, 4.69) is 16.0 Å². The van der Waals surface area contributed by atoms with Gasteiger partial charge < -0.3 is 16.0 Å². The average molecular weight is 446 g/mol. The van der Waals surface area contributed by atoms with Crippen molar-refractivity contribution in [2.45, 2.75) is 13.8 Å². The van der Waals surface area contributed by atoms with Gasteiger partial charge in [0.05, 0.1) is 26.2 Å². The molecule has 1 heterocycles. The van der Waals surface area contributed by atoms with Crippen LogP contribution in [0.4, 0.5) is 20.8 Å². The van der Waals surface area contributed by atoms with Gasteiger partial charge in [-0.05, 0) is 48.9 Å². The molecule has 3 N–H and O–H groups in total. The highest BCUT2D eigenvalue weighted by Gasteiger charge is 2.18. The van der Waals surface area contributed by atoms with E-state index in [1.807, 2.05) is 0 Å². The standard InChI is InChI=1S/C21H17ClFN3O3S/c1-11-9-18(26-20(28)14-5-3-4-6-15(14)22)30-19(11)21(29)25-17-10-13(24-12(2)27)7-8-16(17)23/h3-10H,1-2H3,(H,24,27)(H,25,29)(H,26,28). The molecule has 30 heavy (non-hydrogen) atoms. The van der Waals surface area contributed by atoms with Crippen molar-refractivity contribution in [3.8, 4) is 0 Å². The van der Waals surface area contributed by atoms with Gasteiger partial charge in [-0.3, -0.25) is 14.4 Å². The molecule has 9 heteroatoms. The quantitative estimate of drug-likeness (QED) is 0.497. The Morgan fingerprint density at radius 1 is 0.967 bits per heavy atom. The maximum absolute atomic E-state index is 14.1. The Morgan fingerprint density at radius 2 is 1.70 bits per heavy atom. The predicted molar refractivity (Wildman–Crippen MR) is 117 cm³/mol. The zero-order valence-electron chi connectivity index (χ0n) is 16.0. The number of rotatable bonds is 5. The zero-order valence-corrected chi connectivity index (χ0v) is 17.6. The van der Waals surface area contributed by atoms with Crippen LogP contribution in [0.1, 0.15) is 32.5 Å². The largest absolute Gasteiger partial charge is 0.326 e. The Balaban J connectivity index is 1.77. The number of thiophene rings is 1. The van der Waals surface area contributed by atoms with Crippen LogP contribution in [0, 0.1) is 12.7 Å². The van der Waals surface area contributed by atoms with Crippen LogP contribution in [0.2, 0.25) is 5.02 Å². The molecule has 0 aliphatic heterocycles. The van der Waals surface area contributed by atoms with Crippen LogP contribution >= 0.6 is 22.9 Å². The minimum absolute atomic E-state index is 0.0688. The van der Waals surface area contributed by atoms with E-state index in [4.69, 9.17) is 11.6 Å². The summed E-state index contributed by atoms with van der Waals surface area (Å²) in [6, 6.07) is 12.1. The van der Waals surface area contributed by atoms with E-state index < -0.39 is 17.6 Å². The van der Waals surface area contributed by atoms with Gasteiger partial charge in [0.15, 0.2) is 0 Å². The third-order valence-electron chi connectivity index (χ3n) is 4.01. The van der Waals surface area contributed by atoms with Crippen LogP contribution in [-0.2, 0) is 4.79 Å². The number of hydrogen-bond donors (Lipinski definition) is 3. The van der Waals surface area contributed by atoms with Crippen LogP contribution in [-0.4, -0.2) is 17.7 Å². The number of anilines is 3. The van der Waals surface area contributed by atoms with Gasteiger partial charge in [0, 0.05) is 12.6 Å². The van der Waals surface area contributed by atoms with Crippen molar-refractivity contribution in [2.24, 2.45) is 0 Å². The normalized spacial score (nSPS) is 10.4. The van der Waals surface area contributed by atoms with Crippen LogP contribution in [0.3, 0.4) is 0 Å². The fraction of sp³-hybridized carbons (Fsp3) is 0.0952. The van der Waals surface area contributed by atoms with Crippen molar-refractivity contribution in [2.75, 3.05) is 16.0 Å². The monoisotopic (exact) mass is 445 g/mol. The van der Waals surface area contributed by atoms with Crippen LogP contribution in [0.15, 0.2) is 48.5 Å². The lowest BCUT2D eigenvalue weighted by Gasteiger charge is -2.09. The van der Waals surface area contributed by atoms with Gasteiger partial charge in [0.25, 0.3) is 11.8 Å². The van der Waals surface area contributed by atoms with Crippen LogP contribution in [0.5, 0.6) is 0 Å². The summed E-state index contributed by atoms with van der Waals surface area (Å²) in [6.45, 7) is 3.04. The first-order chi connectivity index (χ1) is 14.2. The number of carbonyl (C=O) groups excluding carboxylic acids is 3. The Morgan fingerprint density at radius 3 is 2.40 bits per heavy atom. The predicted octanol–water partition coefficient (Wildman–Crippen LogP) is 5.31. The van der Waals surface area contributed by atoms with Gasteiger partial charge in [0.2, 0.25) is 5.91 Å². The topological polar surface area (TPSA) is 87.3 Å². The molecule has 0 saturated carbocycles.